The molecule has 124 valence electrons. The van der Waals surface area contributed by atoms with Crippen molar-refractivity contribution in [2.75, 3.05) is 18.0 Å². The predicted molar refractivity (Wildman–Crippen MR) is 88.5 cm³/mol. The maximum absolute atomic E-state index is 11.1. The van der Waals surface area contributed by atoms with E-state index in [1.807, 2.05) is 6.07 Å². The number of pyridine rings is 1. The van der Waals surface area contributed by atoms with Gasteiger partial charge in [-0.15, -0.1) is 0 Å². The topological polar surface area (TPSA) is 96.6 Å². The van der Waals surface area contributed by atoms with E-state index in [0.717, 1.165) is 24.9 Å². The summed E-state index contributed by atoms with van der Waals surface area (Å²) in [7, 11) is 0. The van der Waals surface area contributed by atoms with Crippen LogP contribution in [0.1, 0.15) is 34.8 Å². The number of rotatable bonds is 4. The van der Waals surface area contributed by atoms with Crippen molar-refractivity contribution in [2.45, 2.75) is 18.8 Å². The first-order valence-corrected chi connectivity index (χ1v) is 7.74. The Bertz CT molecular complexity index is 761. The third-order valence-corrected chi connectivity index (χ3v) is 4.27. The van der Waals surface area contributed by atoms with Gasteiger partial charge in [0.25, 0.3) is 5.69 Å². The highest BCUT2D eigenvalue weighted by molar-refractivity contribution is 5.85. The molecule has 2 heterocycles. The molecule has 0 spiro atoms. The Labute approximate surface area is 138 Å². The molecule has 1 unspecified atom stereocenters. The minimum Gasteiger partial charge on any atom is -0.477 e. The molecular weight excluding hydrogens is 310 g/mol. The lowest BCUT2D eigenvalue weighted by molar-refractivity contribution is -0.384. The smallest absolute Gasteiger partial charge is 0.354 e. The number of hydrogen-bond donors (Lipinski definition) is 1. The molecule has 2 aromatic rings. The highest BCUT2D eigenvalue weighted by Gasteiger charge is 2.23. The second-order valence-corrected chi connectivity index (χ2v) is 5.82. The Morgan fingerprint density at radius 3 is 2.67 bits per heavy atom. The molecule has 1 saturated heterocycles. The van der Waals surface area contributed by atoms with Gasteiger partial charge in [0.15, 0.2) is 5.69 Å². The van der Waals surface area contributed by atoms with Crippen LogP contribution in [0.2, 0.25) is 0 Å². The van der Waals surface area contributed by atoms with Gasteiger partial charge in [-0.3, -0.25) is 10.1 Å². The summed E-state index contributed by atoms with van der Waals surface area (Å²) in [6, 6.07) is 11.6. The van der Waals surface area contributed by atoms with E-state index < -0.39 is 10.9 Å². The average molecular weight is 327 g/mol. The summed E-state index contributed by atoms with van der Waals surface area (Å²) in [5.41, 5.74) is 1.17. The number of carbonyl (C=O) groups is 1. The van der Waals surface area contributed by atoms with Crippen LogP contribution in [0.25, 0.3) is 0 Å². The summed E-state index contributed by atoms with van der Waals surface area (Å²) in [5, 5.41) is 19.8. The quantitative estimate of drug-likeness (QED) is 0.685. The number of carboxylic acid groups (broad SMARTS) is 1. The number of piperidine rings is 1. The van der Waals surface area contributed by atoms with Crippen molar-refractivity contribution in [3.8, 4) is 0 Å². The van der Waals surface area contributed by atoms with Crippen molar-refractivity contribution < 1.29 is 14.8 Å². The molecule has 7 nitrogen and oxygen atoms in total. The van der Waals surface area contributed by atoms with Crippen LogP contribution in [0.15, 0.2) is 42.5 Å². The number of non-ortho nitro benzene ring substituents is 1. The SMILES string of the molecule is O=C(O)c1cccc(N2CCCC(c3ccc([N+](=O)[O-])cc3)C2)n1. The number of benzene rings is 1. The fourth-order valence-corrected chi connectivity index (χ4v) is 3.04. The van der Waals surface area contributed by atoms with E-state index in [1.54, 1.807) is 18.2 Å². The number of aromatic nitrogens is 1. The molecule has 1 aliphatic rings. The van der Waals surface area contributed by atoms with Crippen LogP contribution < -0.4 is 4.90 Å². The summed E-state index contributed by atoms with van der Waals surface area (Å²) >= 11 is 0. The van der Waals surface area contributed by atoms with Crippen LogP contribution in [0.4, 0.5) is 11.5 Å². The molecule has 0 amide bonds. The lowest BCUT2D eigenvalue weighted by atomic mass is 9.90. The van der Waals surface area contributed by atoms with Crippen molar-refractivity contribution in [3.63, 3.8) is 0 Å². The van der Waals surface area contributed by atoms with Gasteiger partial charge in [-0.2, -0.15) is 0 Å². The molecule has 7 heteroatoms. The number of anilines is 1. The molecule has 24 heavy (non-hydrogen) atoms. The molecule has 1 atom stereocenters. The van der Waals surface area contributed by atoms with Gasteiger partial charge in [-0.1, -0.05) is 18.2 Å². The van der Waals surface area contributed by atoms with Crippen molar-refractivity contribution >= 4 is 17.5 Å². The first-order valence-electron chi connectivity index (χ1n) is 7.74. The van der Waals surface area contributed by atoms with Gasteiger partial charge in [0.05, 0.1) is 4.92 Å². The van der Waals surface area contributed by atoms with E-state index in [0.29, 0.717) is 12.4 Å². The molecule has 1 aromatic heterocycles. The minimum atomic E-state index is -1.04. The highest BCUT2D eigenvalue weighted by Crippen LogP contribution is 2.30. The Morgan fingerprint density at radius 2 is 2.00 bits per heavy atom. The van der Waals surface area contributed by atoms with Gasteiger partial charge >= 0.3 is 5.97 Å². The van der Waals surface area contributed by atoms with E-state index in [1.165, 1.54) is 18.2 Å². The lowest BCUT2D eigenvalue weighted by Crippen LogP contribution is -2.35. The van der Waals surface area contributed by atoms with E-state index in [9.17, 15) is 14.9 Å². The number of aromatic carboxylic acids is 1. The number of hydrogen-bond acceptors (Lipinski definition) is 5. The fourth-order valence-electron chi connectivity index (χ4n) is 3.04. The Balaban J connectivity index is 1.78. The zero-order chi connectivity index (χ0) is 17.1. The number of nitro benzene ring substituents is 1. The van der Waals surface area contributed by atoms with Crippen LogP contribution in [0.3, 0.4) is 0 Å². The summed E-state index contributed by atoms with van der Waals surface area (Å²) in [6.07, 6.45) is 1.95. The van der Waals surface area contributed by atoms with Crippen molar-refractivity contribution in [3.05, 3.63) is 63.8 Å². The first-order chi connectivity index (χ1) is 11.5. The Kier molecular flexibility index (Phi) is 4.41. The second-order valence-electron chi connectivity index (χ2n) is 5.82. The largest absolute Gasteiger partial charge is 0.477 e. The first kappa shape index (κ1) is 15.9. The van der Waals surface area contributed by atoms with Gasteiger partial charge < -0.3 is 10.0 Å². The molecule has 3 rings (SSSR count). The number of nitrogens with zero attached hydrogens (tertiary/aromatic N) is 3. The molecule has 1 fully saturated rings. The maximum Gasteiger partial charge on any atom is 0.354 e. The highest BCUT2D eigenvalue weighted by atomic mass is 16.6. The summed E-state index contributed by atoms with van der Waals surface area (Å²) in [5.74, 6) is -0.142. The maximum atomic E-state index is 11.1. The zero-order valence-electron chi connectivity index (χ0n) is 13.0. The zero-order valence-corrected chi connectivity index (χ0v) is 13.0. The van der Waals surface area contributed by atoms with Crippen LogP contribution in [-0.4, -0.2) is 34.1 Å². The Hall–Kier alpha value is -2.96. The normalized spacial score (nSPS) is 17.5. The third-order valence-electron chi connectivity index (χ3n) is 4.27. The van der Waals surface area contributed by atoms with Gasteiger partial charge in [-0.05, 0) is 30.5 Å². The predicted octanol–water partition coefficient (Wildman–Crippen LogP) is 3.07. The standard InChI is InChI=1S/C17H17N3O4/c21-17(22)15-4-1-5-16(18-15)19-10-2-3-13(11-19)12-6-8-14(9-7-12)20(23)24/h1,4-9,13H,2-3,10-11H2,(H,21,22). The molecular formula is C17H17N3O4. The summed E-state index contributed by atoms with van der Waals surface area (Å²) < 4.78 is 0. The average Bonchev–Trinajstić information content (AvgIpc) is 2.62. The lowest BCUT2D eigenvalue weighted by Gasteiger charge is -2.34. The number of nitro groups is 1. The summed E-state index contributed by atoms with van der Waals surface area (Å²) in [4.78, 5) is 27.7. The minimum absolute atomic E-state index is 0.0324. The number of carboxylic acids is 1. The molecule has 0 aliphatic carbocycles. The van der Waals surface area contributed by atoms with Gasteiger partial charge in [0.1, 0.15) is 5.82 Å². The molecule has 1 aromatic carbocycles. The molecule has 0 radical (unpaired) electrons. The van der Waals surface area contributed by atoms with Crippen LogP contribution in [-0.2, 0) is 0 Å². The summed E-state index contributed by atoms with van der Waals surface area (Å²) in [6.45, 7) is 1.54. The Morgan fingerprint density at radius 1 is 1.25 bits per heavy atom. The fraction of sp³-hybridized carbons (Fsp3) is 0.294. The van der Waals surface area contributed by atoms with E-state index in [4.69, 9.17) is 5.11 Å². The van der Waals surface area contributed by atoms with Crippen LogP contribution >= 0.6 is 0 Å². The van der Waals surface area contributed by atoms with Crippen LogP contribution in [0, 0.1) is 10.1 Å². The van der Waals surface area contributed by atoms with Crippen molar-refractivity contribution in [1.29, 1.82) is 0 Å². The molecule has 0 saturated carbocycles. The molecule has 1 N–H and O–H groups in total. The third kappa shape index (κ3) is 3.34. The van der Waals surface area contributed by atoms with E-state index >= 15 is 0 Å². The van der Waals surface area contributed by atoms with E-state index in [-0.39, 0.29) is 17.3 Å². The van der Waals surface area contributed by atoms with E-state index in [2.05, 4.69) is 9.88 Å². The van der Waals surface area contributed by atoms with Crippen molar-refractivity contribution in [1.82, 2.24) is 4.98 Å². The van der Waals surface area contributed by atoms with Gasteiger partial charge in [0, 0.05) is 31.1 Å². The van der Waals surface area contributed by atoms with Gasteiger partial charge in [0.2, 0.25) is 0 Å². The van der Waals surface area contributed by atoms with Crippen LogP contribution in [0.5, 0.6) is 0 Å². The van der Waals surface area contributed by atoms with Gasteiger partial charge in [-0.25, -0.2) is 9.78 Å². The molecule has 0 bridgehead atoms. The monoisotopic (exact) mass is 327 g/mol. The second kappa shape index (κ2) is 6.66. The van der Waals surface area contributed by atoms with Crippen molar-refractivity contribution in [2.24, 2.45) is 0 Å². The molecule has 1 aliphatic heterocycles.